The van der Waals surface area contributed by atoms with Gasteiger partial charge in [-0.1, -0.05) is 18.2 Å². The van der Waals surface area contributed by atoms with E-state index in [4.69, 9.17) is 10.5 Å². The van der Waals surface area contributed by atoms with Gasteiger partial charge in [-0.2, -0.15) is 10.5 Å². The number of anilines is 1. The summed E-state index contributed by atoms with van der Waals surface area (Å²) in [4.78, 5) is 1.92. The standard InChI is InChI=1S/C12H11N3/c13-8-11-6-7-12(9-14)15(11)10-4-2-1-3-5-10/h1-5,11-12H,6-7H2/t11-,12-/m0/s1. The van der Waals surface area contributed by atoms with Crippen LogP contribution in [0.1, 0.15) is 12.8 Å². The highest BCUT2D eigenvalue weighted by Crippen LogP contribution is 2.29. The zero-order valence-corrected chi connectivity index (χ0v) is 8.30. The van der Waals surface area contributed by atoms with Gasteiger partial charge in [0.15, 0.2) is 0 Å². The monoisotopic (exact) mass is 197 g/mol. The summed E-state index contributed by atoms with van der Waals surface area (Å²) in [6.45, 7) is 0. The Kier molecular flexibility index (Phi) is 2.56. The molecule has 2 atom stereocenters. The summed E-state index contributed by atoms with van der Waals surface area (Å²) < 4.78 is 0. The van der Waals surface area contributed by atoms with Gasteiger partial charge in [-0.25, -0.2) is 0 Å². The van der Waals surface area contributed by atoms with E-state index in [0.717, 1.165) is 18.5 Å². The number of benzene rings is 1. The second-order valence-electron chi connectivity index (χ2n) is 3.61. The van der Waals surface area contributed by atoms with Crippen molar-refractivity contribution in [3.8, 4) is 12.1 Å². The zero-order valence-electron chi connectivity index (χ0n) is 8.30. The van der Waals surface area contributed by atoms with Crippen molar-refractivity contribution in [1.82, 2.24) is 0 Å². The first-order valence-electron chi connectivity index (χ1n) is 4.99. The fraction of sp³-hybridized carbons (Fsp3) is 0.333. The average molecular weight is 197 g/mol. The molecule has 1 heterocycles. The molecule has 0 saturated carbocycles. The third kappa shape index (κ3) is 1.65. The number of rotatable bonds is 1. The number of hydrogen-bond acceptors (Lipinski definition) is 3. The lowest BCUT2D eigenvalue weighted by Gasteiger charge is -2.24. The first-order valence-corrected chi connectivity index (χ1v) is 4.99. The molecule has 3 heteroatoms. The van der Waals surface area contributed by atoms with Crippen LogP contribution in [0.15, 0.2) is 30.3 Å². The molecule has 0 aromatic heterocycles. The van der Waals surface area contributed by atoms with Crippen LogP contribution in [0.3, 0.4) is 0 Å². The van der Waals surface area contributed by atoms with Gasteiger partial charge in [0, 0.05) is 5.69 Å². The molecule has 2 rings (SSSR count). The van der Waals surface area contributed by atoms with Crippen molar-refractivity contribution >= 4 is 5.69 Å². The lowest BCUT2D eigenvalue weighted by Crippen LogP contribution is -2.34. The number of nitrogens with zero attached hydrogens (tertiary/aromatic N) is 3. The number of hydrogen-bond donors (Lipinski definition) is 0. The van der Waals surface area contributed by atoms with Gasteiger partial charge in [0.25, 0.3) is 0 Å². The maximum absolute atomic E-state index is 9.01. The van der Waals surface area contributed by atoms with Crippen molar-refractivity contribution in [3.05, 3.63) is 30.3 Å². The summed E-state index contributed by atoms with van der Waals surface area (Å²) >= 11 is 0. The van der Waals surface area contributed by atoms with Crippen LogP contribution >= 0.6 is 0 Å². The van der Waals surface area contributed by atoms with Crippen LogP contribution in [0.2, 0.25) is 0 Å². The first kappa shape index (κ1) is 9.55. The average Bonchev–Trinajstić information content (AvgIpc) is 2.72. The van der Waals surface area contributed by atoms with Crippen LogP contribution in [0.5, 0.6) is 0 Å². The first-order chi connectivity index (χ1) is 7.36. The Labute approximate surface area is 89.2 Å². The molecule has 1 fully saturated rings. The molecular weight excluding hydrogens is 186 g/mol. The molecule has 0 radical (unpaired) electrons. The minimum Gasteiger partial charge on any atom is -0.339 e. The van der Waals surface area contributed by atoms with E-state index in [-0.39, 0.29) is 12.1 Å². The van der Waals surface area contributed by atoms with Gasteiger partial charge in [-0.05, 0) is 25.0 Å². The highest BCUT2D eigenvalue weighted by atomic mass is 15.2. The van der Waals surface area contributed by atoms with Crippen LogP contribution < -0.4 is 4.90 Å². The van der Waals surface area contributed by atoms with E-state index in [2.05, 4.69) is 12.1 Å². The van der Waals surface area contributed by atoms with E-state index < -0.39 is 0 Å². The molecule has 0 N–H and O–H groups in total. The molecule has 3 nitrogen and oxygen atoms in total. The van der Waals surface area contributed by atoms with Crippen LogP contribution in [0, 0.1) is 22.7 Å². The van der Waals surface area contributed by atoms with Crippen LogP contribution in [-0.4, -0.2) is 12.1 Å². The van der Waals surface area contributed by atoms with E-state index in [0.29, 0.717) is 0 Å². The van der Waals surface area contributed by atoms with E-state index in [9.17, 15) is 0 Å². The molecule has 1 aromatic carbocycles. The topological polar surface area (TPSA) is 50.8 Å². The van der Waals surface area contributed by atoms with Gasteiger partial charge in [0.1, 0.15) is 12.1 Å². The largest absolute Gasteiger partial charge is 0.339 e. The van der Waals surface area contributed by atoms with Crippen molar-refractivity contribution in [2.45, 2.75) is 24.9 Å². The third-order valence-electron chi connectivity index (χ3n) is 2.74. The Hall–Kier alpha value is -2.00. The minimum atomic E-state index is -0.156. The fourth-order valence-electron chi connectivity index (χ4n) is 2.02. The second kappa shape index (κ2) is 4.02. The molecule has 74 valence electrons. The Morgan fingerprint density at radius 3 is 2.00 bits per heavy atom. The normalized spacial score (nSPS) is 24.5. The van der Waals surface area contributed by atoms with Gasteiger partial charge in [0.2, 0.25) is 0 Å². The summed E-state index contributed by atoms with van der Waals surface area (Å²) in [6, 6.07) is 13.9. The molecule has 0 unspecified atom stereocenters. The summed E-state index contributed by atoms with van der Waals surface area (Å²) in [5.74, 6) is 0. The molecule has 0 aliphatic carbocycles. The smallest absolute Gasteiger partial charge is 0.118 e. The van der Waals surface area contributed by atoms with Crippen LogP contribution in [-0.2, 0) is 0 Å². The van der Waals surface area contributed by atoms with Crippen molar-refractivity contribution in [2.75, 3.05) is 4.90 Å². The fourth-order valence-corrected chi connectivity index (χ4v) is 2.02. The zero-order chi connectivity index (χ0) is 10.7. The Morgan fingerprint density at radius 2 is 1.53 bits per heavy atom. The summed E-state index contributed by atoms with van der Waals surface area (Å²) in [7, 11) is 0. The Balaban J connectivity index is 2.33. The maximum atomic E-state index is 9.01. The molecule has 1 aliphatic rings. The third-order valence-corrected chi connectivity index (χ3v) is 2.74. The molecule has 15 heavy (non-hydrogen) atoms. The van der Waals surface area contributed by atoms with Crippen molar-refractivity contribution in [1.29, 1.82) is 10.5 Å². The lowest BCUT2D eigenvalue weighted by atomic mass is 10.2. The number of nitriles is 2. The summed E-state index contributed by atoms with van der Waals surface area (Å²) in [5.41, 5.74) is 0.966. The van der Waals surface area contributed by atoms with E-state index in [1.54, 1.807) is 0 Å². The van der Waals surface area contributed by atoms with E-state index in [1.165, 1.54) is 0 Å². The van der Waals surface area contributed by atoms with Gasteiger partial charge < -0.3 is 4.90 Å². The van der Waals surface area contributed by atoms with E-state index >= 15 is 0 Å². The highest BCUT2D eigenvalue weighted by molar-refractivity contribution is 5.52. The maximum Gasteiger partial charge on any atom is 0.118 e. The minimum absolute atomic E-state index is 0.156. The number of para-hydroxylation sites is 1. The van der Waals surface area contributed by atoms with Gasteiger partial charge >= 0.3 is 0 Å². The van der Waals surface area contributed by atoms with E-state index in [1.807, 2.05) is 35.2 Å². The van der Waals surface area contributed by atoms with Crippen LogP contribution in [0.25, 0.3) is 0 Å². The van der Waals surface area contributed by atoms with Crippen molar-refractivity contribution < 1.29 is 0 Å². The molecule has 0 bridgehead atoms. The van der Waals surface area contributed by atoms with Gasteiger partial charge in [-0.15, -0.1) is 0 Å². The SMILES string of the molecule is N#C[C@@H]1CC[C@@H](C#N)N1c1ccccc1. The second-order valence-corrected chi connectivity index (χ2v) is 3.61. The molecule has 1 aromatic rings. The summed E-state index contributed by atoms with van der Waals surface area (Å²) in [5, 5.41) is 18.0. The molecular formula is C12H11N3. The lowest BCUT2D eigenvalue weighted by molar-refractivity contribution is 0.791. The molecule has 0 spiro atoms. The quantitative estimate of drug-likeness (QED) is 0.692. The van der Waals surface area contributed by atoms with Gasteiger partial charge in [-0.3, -0.25) is 0 Å². The highest BCUT2D eigenvalue weighted by Gasteiger charge is 2.33. The molecule has 1 saturated heterocycles. The summed E-state index contributed by atoms with van der Waals surface area (Å²) in [6.07, 6.45) is 1.56. The molecule has 1 aliphatic heterocycles. The Morgan fingerprint density at radius 1 is 1.00 bits per heavy atom. The molecule has 0 amide bonds. The predicted octanol–water partition coefficient (Wildman–Crippen LogP) is 2.07. The van der Waals surface area contributed by atoms with Crippen LogP contribution in [0.4, 0.5) is 5.69 Å². The predicted molar refractivity (Wildman–Crippen MR) is 57.0 cm³/mol. The van der Waals surface area contributed by atoms with Crippen molar-refractivity contribution in [3.63, 3.8) is 0 Å². The Bertz CT molecular complexity index is 391. The van der Waals surface area contributed by atoms with Crippen molar-refractivity contribution in [2.24, 2.45) is 0 Å². The van der Waals surface area contributed by atoms with Gasteiger partial charge in [0.05, 0.1) is 12.1 Å².